The minimum absolute atomic E-state index is 0. The molecule has 0 saturated carbocycles. The van der Waals surface area contributed by atoms with E-state index in [-0.39, 0.29) is 114 Å². The van der Waals surface area contributed by atoms with Gasteiger partial charge in [0.2, 0.25) is 0 Å². The normalized spacial score (nSPS) is 18.0. The van der Waals surface area contributed by atoms with Gasteiger partial charge in [0.15, 0.2) is 0 Å². The van der Waals surface area contributed by atoms with E-state index < -0.39 is 11.6 Å². The third-order valence-electron chi connectivity index (χ3n) is 21.8. The lowest BCUT2D eigenvalue weighted by Crippen LogP contribution is -2.58. The molecule has 4 aliphatic heterocycles. The molecule has 0 amide bonds. The summed E-state index contributed by atoms with van der Waals surface area (Å²) in [6, 6.07) is 91.1. The zero-order valence-corrected chi connectivity index (χ0v) is 62.3. The van der Waals surface area contributed by atoms with Crippen LogP contribution in [0.3, 0.4) is 0 Å². The molecule has 15 rings (SSSR count). The Morgan fingerprint density at radius 1 is 0.342 bits per heavy atom. The number of hydrogen-bond acceptors (Lipinski definition) is 8. The highest BCUT2D eigenvalue weighted by Gasteiger charge is 2.43. The molecule has 9 atom stereocenters. The number of hydrogen-bond donors (Lipinski definition) is 4. The molecule has 0 radical (unpaired) electrons. The lowest BCUT2D eigenvalue weighted by atomic mass is 9.85. The van der Waals surface area contributed by atoms with Crippen molar-refractivity contribution in [3.63, 3.8) is 0 Å². The first-order valence-corrected chi connectivity index (χ1v) is 38.3. The Kier molecular flexibility index (Phi) is 33.5. The van der Waals surface area contributed by atoms with Crippen LogP contribution in [0.15, 0.2) is 285 Å². The van der Waals surface area contributed by atoms with Crippen LogP contribution in [0.1, 0.15) is 191 Å². The minimum Gasteiger partial charge on any atom is -0.326 e. The van der Waals surface area contributed by atoms with Gasteiger partial charge in [0, 0.05) is 96.7 Å². The quantitative estimate of drug-likeness (QED) is 0.0468. The number of unbranched alkanes of at least 4 members (excludes halogenated alkanes) is 1. The molecule has 11 aromatic rings. The van der Waals surface area contributed by atoms with Crippen molar-refractivity contribution in [2.75, 3.05) is 26.2 Å². The van der Waals surface area contributed by atoms with Crippen LogP contribution in [0.5, 0.6) is 0 Å². The zero-order chi connectivity index (χ0) is 74.9. The highest BCUT2D eigenvalue weighted by Crippen LogP contribution is 2.44. The van der Waals surface area contributed by atoms with Gasteiger partial charge in [-0.25, -0.2) is 22.0 Å². The highest BCUT2D eigenvalue weighted by atomic mass is 35.5. The summed E-state index contributed by atoms with van der Waals surface area (Å²) < 4.78 is 69.4. The summed E-state index contributed by atoms with van der Waals surface area (Å²) in [7, 11) is 0. The molecule has 586 valence electrons. The second-order valence-electron chi connectivity index (χ2n) is 28.7. The molecule has 4 fully saturated rings. The van der Waals surface area contributed by atoms with Gasteiger partial charge >= 0.3 is 0 Å². The van der Waals surface area contributed by atoms with Gasteiger partial charge in [-0.3, -0.25) is 19.6 Å². The SMILES string of the molecule is C.C.C.C.CCCCC(c1cc(F)cc(F)c1)N1CC[C@H]1[C@@H](N)c1cccc(Cl)c1.Cc1ccc([C@H](N)[C@@H]2CCN2C(c2ccccc2)c2ccccc2)cc1F.N[C@@H](c1cccc(Cl)c1)[C@@H]1CCN1C(c1cccc(F)c1)c1cccc(F)c1.N[C@H](Cc1ccccc1)[C@H]1CCN1C(c1ccccc1)c1ccccc1. The fourth-order valence-electron chi connectivity index (χ4n) is 15.9. The molecule has 8 nitrogen and oxygen atoms in total. The molecule has 15 heteroatoms. The van der Waals surface area contributed by atoms with E-state index in [9.17, 15) is 22.0 Å². The van der Waals surface area contributed by atoms with Gasteiger partial charge < -0.3 is 22.9 Å². The Morgan fingerprint density at radius 2 is 0.676 bits per heavy atom. The first kappa shape index (κ1) is 87.9. The van der Waals surface area contributed by atoms with E-state index in [2.05, 4.69) is 166 Å². The van der Waals surface area contributed by atoms with Crippen molar-refractivity contribution in [1.29, 1.82) is 0 Å². The van der Waals surface area contributed by atoms with E-state index >= 15 is 0 Å². The van der Waals surface area contributed by atoms with Crippen LogP contribution in [0.2, 0.25) is 10.0 Å². The molecular weight excluding hydrogens is 1430 g/mol. The van der Waals surface area contributed by atoms with Gasteiger partial charge in [-0.1, -0.05) is 285 Å². The van der Waals surface area contributed by atoms with Crippen molar-refractivity contribution in [3.8, 4) is 0 Å². The van der Waals surface area contributed by atoms with Crippen LogP contribution < -0.4 is 22.9 Å². The topological polar surface area (TPSA) is 117 Å². The maximum absolute atomic E-state index is 14.0. The van der Waals surface area contributed by atoms with Gasteiger partial charge in [0.25, 0.3) is 0 Å². The molecular formula is C96H113Cl2F5N8. The molecule has 11 aromatic carbocycles. The molecule has 0 aromatic heterocycles. The minimum atomic E-state index is -0.530. The molecule has 4 saturated heterocycles. The van der Waals surface area contributed by atoms with Crippen molar-refractivity contribution in [2.45, 2.75) is 167 Å². The molecule has 1 unspecified atom stereocenters. The Bertz CT molecular complexity index is 4450. The summed E-state index contributed by atoms with van der Waals surface area (Å²) >= 11 is 12.2. The third kappa shape index (κ3) is 22.2. The van der Waals surface area contributed by atoms with E-state index in [1.807, 2.05) is 84.9 Å². The standard InChI is InChI=1S/C24H25FN2.C24H26N2.C23H21ClF2N2.C21H25ClF2N2.4CH4/c1-17-12-13-20(16-21(17)25)23(26)22-14-15-27(22)24(18-8-4-2-5-9-18)19-10-6-3-7-11-19;25-22(18-19-10-4-1-5-11-19)23-16-17-26(23)24(20-12-6-2-7-13-20)21-14-8-3-9-15-21;24-18-7-1-4-15(12-18)22(27)21-10-11-28(21)23(16-5-2-8-19(25)13-16)17-6-3-9-20(26)14-17;1-2-3-7-19(15-11-17(23)13-18(24)12-15)26-9-8-20(26)21(25)14-5-4-6-16(22)10-14;;;;/h2-13,16,22-24H,14-15,26H2,1H3;1-15,22-24H,16-18,25H2;1-9,12-14,21-23H,10-11,27H2;4-6,10-13,19-21H,2-3,7-9,25H2,1H3;4*1H4/t2*22-,23-;21-,22-;19?,20-,21-;;;;/m0100..../s1. The van der Waals surface area contributed by atoms with Crippen molar-refractivity contribution in [3.05, 3.63) is 391 Å². The number of rotatable bonds is 23. The number of nitrogens with two attached hydrogens (primary N) is 4. The smallest absolute Gasteiger partial charge is 0.126 e. The number of benzene rings is 11. The summed E-state index contributed by atoms with van der Waals surface area (Å²) in [6.45, 7) is 7.67. The van der Waals surface area contributed by atoms with Gasteiger partial charge in [0.1, 0.15) is 29.1 Å². The highest BCUT2D eigenvalue weighted by molar-refractivity contribution is 6.30. The summed E-state index contributed by atoms with van der Waals surface area (Å²) in [5.41, 5.74) is 38.6. The first-order valence-electron chi connectivity index (χ1n) is 37.5. The Morgan fingerprint density at radius 3 is 1.04 bits per heavy atom. The molecule has 0 spiro atoms. The maximum Gasteiger partial charge on any atom is 0.126 e. The maximum atomic E-state index is 14.0. The zero-order valence-electron chi connectivity index (χ0n) is 60.8. The van der Waals surface area contributed by atoms with E-state index in [0.29, 0.717) is 27.2 Å². The largest absolute Gasteiger partial charge is 0.326 e. The molecule has 4 aliphatic rings. The monoisotopic (exact) mass is 1540 g/mol. The molecule has 4 heterocycles. The number of nitrogens with zero attached hydrogens (tertiary/aromatic N) is 4. The number of aryl methyl sites for hydroxylation is 1. The fraction of sp³-hybridized carbons (Fsp3) is 0.312. The fourth-order valence-corrected chi connectivity index (χ4v) is 16.3. The van der Waals surface area contributed by atoms with E-state index in [4.69, 9.17) is 46.1 Å². The van der Waals surface area contributed by atoms with E-state index in [1.165, 1.54) is 70.6 Å². The van der Waals surface area contributed by atoms with Crippen LogP contribution >= 0.6 is 23.2 Å². The lowest BCUT2D eigenvalue weighted by Gasteiger charge is -2.49. The van der Waals surface area contributed by atoms with Crippen LogP contribution in [-0.2, 0) is 6.42 Å². The molecule has 111 heavy (non-hydrogen) atoms. The van der Waals surface area contributed by atoms with Gasteiger partial charge in [0.05, 0.1) is 18.1 Å². The predicted molar refractivity (Wildman–Crippen MR) is 453 cm³/mol. The van der Waals surface area contributed by atoms with Gasteiger partial charge in [-0.05, 0) is 179 Å². The molecule has 8 N–H and O–H groups in total. The predicted octanol–water partition coefficient (Wildman–Crippen LogP) is 23.1. The summed E-state index contributed by atoms with van der Waals surface area (Å²) in [5.74, 6) is -1.86. The average Bonchev–Trinajstić information content (AvgIpc) is 0.668. The third-order valence-corrected chi connectivity index (χ3v) is 22.3. The van der Waals surface area contributed by atoms with Crippen molar-refractivity contribution in [2.24, 2.45) is 22.9 Å². The van der Waals surface area contributed by atoms with E-state index in [1.54, 1.807) is 25.1 Å². The first-order chi connectivity index (χ1) is 52.0. The Balaban J connectivity index is 0.000000184. The second kappa shape index (κ2) is 42.3. The second-order valence-corrected chi connectivity index (χ2v) is 29.6. The van der Waals surface area contributed by atoms with Gasteiger partial charge in [-0.15, -0.1) is 0 Å². The lowest BCUT2D eigenvalue weighted by molar-refractivity contribution is 0.0186. The number of likely N-dealkylation sites (tertiary alicyclic amines) is 4. The Hall–Kier alpha value is -8.67. The van der Waals surface area contributed by atoms with Crippen molar-refractivity contribution < 1.29 is 22.0 Å². The summed E-state index contributed by atoms with van der Waals surface area (Å²) in [5, 5.41) is 1.31. The van der Waals surface area contributed by atoms with E-state index in [0.717, 1.165) is 105 Å². The summed E-state index contributed by atoms with van der Waals surface area (Å²) in [4.78, 5) is 9.54. The van der Waals surface area contributed by atoms with Gasteiger partial charge in [-0.2, -0.15) is 0 Å². The van der Waals surface area contributed by atoms with Crippen molar-refractivity contribution >= 4 is 23.2 Å². The van der Waals surface area contributed by atoms with Crippen LogP contribution in [0.25, 0.3) is 0 Å². The Labute approximate surface area is 668 Å². The number of halogens is 7. The summed E-state index contributed by atoms with van der Waals surface area (Å²) in [6.07, 6.45) is 7.89. The molecule has 0 bridgehead atoms. The van der Waals surface area contributed by atoms with Crippen molar-refractivity contribution in [1.82, 2.24) is 19.6 Å². The van der Waals surface area contributed by atoms with Crippen LogP contribution in [-0.4, -0.2) is 76.0 Å². The average molecular weight is 1540 g/mol. The molecule has 0 aliphatic carbocycles. The van der Waals surface area contributed by atoms with Crippen LogP contribution in [0.4, 0.5) is 22.0 Å². The van der Waals surface area contributed by atoms with Crippen LogP contribution in [0, 0.1) is 36.0 Å².